The first kappa shape index (κ1) is 14.6. The largest absolute Gasteiger partial charge is 0.471 e. The molecule has 9 heteroatoms. The van der Waals surface area contributed by atoms with Gasteiger partial charge in [0.05, 0.1) is 6.10 Å². The maximum atomic E-state index is 11.7. The van der Waals surface area contributed by atoms with E-state index in [4.69, 9.17) is 5.11 Å². The van der Waals surface area contributed by atoms with Gasteiger partial charge in [0, 0.05) is 13.1 Å². The monoisotopic (exact) mass is 246 g/mol. The number of aliphatic hydroxyl groups is 1. The van der Waals surface area contributed by atoms with Gasteiger partial charge in [0.2, 0.25) is 0 Å². The molecule has 0 radical (unpaired) electrons. The Morgan fingerprint density at radius 1 is 1.19 bits per heavy atom. The molecule has 1 unspecified atom stereocenters. The quantitative estimate of drug-likeness (QED) is 0.551. The van der Waals surface area contributed by atoms with Crippen LogP contribution in [-0.4, -0.2) is 49.0 Å². The summed E-state index contributed by atoms with van der Waals surface area (Å²) in [5.41, 5.74) is 0. The van der Waals surface area contributed by atoms with Crippen molar-refractivity contribution in [1.82, 2.24) is 10.6 Å². The highest BCUT2D eigenvalue weighted by Gasteiger charge is 2.38. The van der Waals surface area contributed by atoms with Crippen molar-refractivity contribution in [3.8, 4) is 0 Å². The van der Waals surface area contributed by atoms with Crippen LogP contribution in [0, 0.1) is 0 Å². The van der Waals surface area contributed by atoms with Crippen molar-refractivity contribution < 1.29 is 32.3 Å². The predicted molar refractivity (Wildman–Crippen MR) is 44.1 cm³/mol. The second kappa shape index (κ2) is 6.26. The number of hydrogen-bond donors (Lipinski definition) is 3. The third kappa shape index (κ3) is 6.17. The second-order valence-corrected chi connectivity index (χ2v) is 2.80. The van der Waals surface area contributed by atoms with Crippen LogP contribution in [0.15, 0.2) is 0 Å². The number of rotatable bonds is 5. The Bertz CT molecular complexity index is 257. The van der Waals surface area contributed by atoms with Crippen LogP contribution < -0.4 is 10.6 Å². The molecule has 0 aliphatic rings. The Labute approximate surface area is 87.8 Å². The predicted octanol–water partition coefficient (Wildman–Crippen LogP) is -0.889. The van der Waals surface area contributed by atoms with Crippen LogP contribution in [0.4, 0.5) is 17.6 Å². The molecule has 94 valence electrons. The number of halogens is 4. The van der Waals surface area contributed by atoms with Crippen LogP contribution in [0.25, 0.3) is 0 Å². The molecule has 0 heterocycles. The summed E-state index contributed by atoms with van der Waals surface area (Å²) in [6.45, 7) is -2.42. The van der Waals surface area contributed by atoms with Gasteiger partial charge in [-0.05, 0) is 0 Å². The van der Waals surface area contributed by atoms with Gasteiger partial charge in [0.1, 0.15) is 0 Å². The van der Waals surface area contributed by atoms with Crippen molar-refractivity contribution in [2.75, 3.05) is 19.8 Å². The number of nitrogens with one attached hydrogen (secondary N) is 2. The van der Waals surface area contributed by atoms with Crippen molar-refractivity contribution in [3.63, 3.8) is 0 Å². The van der Waals surface area contributed by atoms with E-state index in [1.54, 1.807) is 0 Å². The Balaban J connectivity index is 3.78. The number of amides is 2. The zero-order valence-corrected chi connectivity index (χ0v) is 7.97. The second-order valence-electron chi connectivity index (χ2n) is 2.80. The number of hydrogen-bond acceptors (Lipinski definition) is 3. The van der Waals surface area contributed by atoms with Gasteiger partial charge in [-0.25, -0.2) is 4.39 Å². The standard InChI is InChI=1S/C7H10F4N2O3/c8-1-5(15)12-2-4(14)3-13-6(16)7(9,10)11/h4,14H,1-3H2,(H,12,15)(H,13,16). The fourth-order valence-corrected chi connectivity index (χ4v) is 0.662. The van der Waals surface area contributed by atoms with E-state index in [2.05, 4.69) is 0 Å². The first-order valence-corrected chi connectivity index (χ1v) is 4.13. The van der Waals surface area contributed by atoms with Crippen LogP contribution in [0.3, 0.4) is 0 Å². The van der Waals surface area contributed by atoms with E-state index in [-0.39, 0.29) is 0 Å². The third-order valence-corrected chi connectivity index (χ3v) is 1.41. The van der Waals surface area contributed by atoms with Crippen LogP contribution >= 0.6 is 0 Å². The molecule has 0 saturated heterocycles. The highest BCUT2D eigenvalue weighted by molar-refractivity contribution is 5.81. The van der Waals surface area contributed by atoms with E-state index in [1.165, 1.54) is 5.32 Å². The lowest BCUT2D eigenvalue weighted by molar-refractivity contribution is -0.173. The van der Waals surface area contributed by atoms with Crippen molar-refractivity contribution in [3.05, 3.63) is 0 Å². The molecular formula is C7H10F4N2O3. The molecule has 0 fully saturated rings. The van der Waals surface area contributed by atoms with Gasteiger partial charge in [-0.1, -0.05) is 0 Å². The molecule has 0 aliphatic heterocycles. The van der Waals surface area contributed by atoms with E-state index in [0.717, 1.165) is 0 Å². The molecule has 0 aliphatic carbocycles. The lowest BCUT2D eigenvalue weighted by Crippen LogP contribution is -2.44. The topological polar surface area (TPSA) is 78.4 Å². The summed E-state index contributed by atoms with van der Waals surface area (Å²) in [4.78, 5) is 20.6. The van der Waals surface area contributed by atoms with Crippen molar-refractivity contribution in [2.45, 2.75) is 12.3 Å². The third-order valence-electron chi connectivity index (χ3n) is 1.41. The average molecular weight is 246 g/mol. The Kier molecular flexibility index (Phi) is 5.72. The number of alkyl halides is 4. The zero-order valence-electron chi connectivity index (χ0n) is 7.97. The lowest BCUT2D eigenvalue weighted by Gasteiger charge is -2.13. The fraction of sp³-hybridized carbons (Fsp3) is 0.714. The molecule has 1 atom stereocenters. The van der Waals surface area contributed by atoms with Crippen LogP contribution in [0.5, 0.6) is 0 Å². The minimum Gasteiger partial charge on any atom is -0.389 e. The van der Waals surface area contributed by atoms with Crippen LogP contribution in [-0.2, 0) is 9.59 Å². The SMILES string of the molecule is O=C(CF)NCC(O)CNC(=O)C(F)(F)F. The zero-order chi connectivity index (χ0) is 12.8. The summed E-state index contributed by atoms with van der Waals surface area (Å²) >= 11 is 0. The lowest BCUT2D eigenvalue weighted by atomic mass is 10.3. The summed E-state index contributed by atoms with van der Waals surface area (Å²) in [6.07, 6.45) is -6.44. The molecule has 0 saturated carbocycles. The van der Waals surface area contributed by atoms with Crippen molar-refractivity contribution >= 4 is 11.8 Å². The molecular weight excluding hydrogens is 236 g/mol. The normalized spacial score (nSPS) is 13.1. The van der Waals surface area contributed by atoms with Crippen molar-refractivity contribution in [1.29, 1.82) is 0 Å². The van der Waals surface area contributed by atoms with Gasteiger partial charge in [0.15, 0.2) is 6.67 Å². The summed E-state index contributed by atoms with van der Waals surface area (Å²) < 4.78 is 46.6. The Morgan fingerprint density at radius 3 is 2.12 bits per heavy atom. The number of carbonyl (C=O) groups excluding carboxylic acids is 2. The Hall–Kier alpha value is -1.38. The molecule has 0 spiro atoms. The number of aliphatic hydroxyl groups excluding tert-OH is 1. The van der Waals surface area contributed by atoms with E-state index in [1.807, 2.05) is 5.32 Å². The van der Waals surface area contributed by atoms with Gasteiger partial charge in [0.25, 0.3) is 5.91 Å². The minimum absolute atomic E-state index is 0.444. The van der Waals surface area contributed by atoms with E-state index >= 15 is 0 Å². The molecule has 5 nitrogen and oxygen atoms in total. The van der Waals surface area contributed by atoms with Crippen molar-refractivity contribution in [2.24, 2.45) is 0 Å². The van der Waals surface area contributed by atoms with Gasteiger partial charge >= 0.3 is 12.1 Å². The van der Waals surface area contributed by atoms with Crippen LogP contribution in [0.1, 0.15) is 0 Å². The fourth-order valence-electron chi connectivity index (χ4n) is 0.662. The minimum atomic E-state index is -5.03. The first-order valence-electron chi connectivity index (χ1n) is 4.13. The Morgan fingerprint density at radius 2 is 1.69 bits per heavy atom. The van der Waals surface area contributed by atoms with E-state index in [0.29, 0.717) is 0 Å². The van der Waals surface area contributed by atoms with E-state index < -0.39 is 43.9 Å². The molecule has 0 aromatic rings. The molecule has 16 heavy (non-hydrogen) atoms. The highest BCUT2D eigenvalue weighted by Crippen LogP contribution is 2.13. The molecule has 0 bridgehead atoms. The van der Waals surface area contributed by atoms with E-state index in [9.17, 15) is 27.2 Å². The molecule has 2 amide bonds. The van der Waals surface area contributed by atoms with Crippen LogP contribution in [0.2, 0.25) is 0 Å². The summed E-state index contributed by atoms with van der Waals surface area (Å²) in [7, 11) is 0. The van der Waals surface area contributed by atoms with Gasteiger partial charge in [-0.3, -0.25) is 9.59 Å². The molecule has 0 aromatic carbocycles. The average Bonchev–Trinajstić information content (AvgIpc) is 2.20. The summed E-state index contributed by atoms with van der Waals surface area (Å²) in [5.74, 6) is -3.19. The van der Waals surface area contributed by atoms with Gasteiger partial charge < -0.3 is 15.7 Å². The molecule has 3 N–H and O–H groups in total. The molecule has 0 aromatic heterocycles. The summed E-state index contributed by atoms with van der Waals surface area (Å²) in [6, 6.07) is 0. The first-order chi connectivity index (χ1) is 7.27. The maximum Gasteiger partial charge on any atom is 0.471 e. The van der Waals surface area contributed by atoms with Gasteiger partial charge in [-0.2, -0.15) is 13.2 Å². The summed E-state index contributed by atoms with van der Waals surface area (Å²) in [5, 5.41) is 12.3. The maximum absolute atomic E-state index is 11.7. The highest BCUT2D eigenvalue weighted by atomic mass is 19.4. The molecule has 0 rings (SSSR count). The smallest absolute Gasteiger partial charge is 0.389 e. The number of carbonyl (C=O) groups is 2. The van der Waals surface area contributed by atoms with Gasteiger partial charge in [-0.15, -0.1) is 0 Å².